The molecule has 0 saturated carbocycles. The molecular weight excluding hydrogens is 309 g/mol. The highest BCUT2D eigenvalue weighted by atomic mass is 79.9. The number of ether oxygens (including phenoxy) is 1. The number of halogens is 2. The molecule has 1 heterocycles. The number of fused-ring (bicyclic) bond motifs is 1. The maximum Gasteiger partial charge on any atom is 0.125 e. The summed E-state index contributed by atoms with van der Waals surface area (Å²) in [7, 11) is 0. The Kier molecular flexibility index (Phi) is 4.51. The molecule has 1 aliphatic heterocycles. The second-order valence-corrected chi connectivity index (χ2v) is 7.00. The van der Waals surface area contributed by atoms with Crippen molar-refractivity contribution in [3.63, 3.8) is 0 Å². The molecule has 1 aliphatic rings. The van der Waals surface area contributed by atoms with Crippen LogP contribution < -0.4 is 10.1 Å². The Bertz CT molecular complexity index is 456. The van der Waals surface area contributed by atoms with E-state index in [0.29, 0.717) is 19.6 Å². The molecule has 0 aliphatic carbocycles. The van der Waals surface area contributed by atoms with E-state index in [1.165, 1.54) is 5.56 Å². The van der Waals surface area contributed by atoms with Gasteiger partial charge in [-0.05, 0) is 44.0 Å². The molecule has 1 aromatic carbocycles. The van der Waals surface area contributed by atoms with E-state index in [-0.39, 0.29) is 5.54 Å². The van der Waals surface area contributed by atoms with Crippen molar-refractivity contribution in [2.24, 2.45) is 0 Å². The van der Waals surface area contributed by atoms with Gasteiger partial charge < -0.3 is 10.1 Å². The van der Waals surface area contributed by atoms with Crippen molar-refractivity contribution in [3.05, 3.63) is 27.7 Å². The molecule has 106 valence electrons. The summed E-state index contributed by atoms with van der Waals surface area (Å²) in [6.45, 7) is 7.19. The van der Waals surface area contributed by atoms with Gasteiger partial charge in [0.05, 0.1) is 6.61 Å². The molecule has 0 fully saturated rings. The van der Waals surface area contributed by atoms with Crippen LogP contribution >= 0.6 is 15.9 Å². The van der Waals surface area contributed by atoms with Crippen LogP contribution in [0.1, 0.15) is 31.9 Å². The van der Waals surface area contributed by atoms with Crippen molar-refractivity contribution >= 4 is 15.9 Å². The smallest absolute Gasteiger partial charge is 0.125 e. The normalized spacial score (nSPS) is 16.1. The predicted molar refractivity (Wildman–Crippen MR) is 79.7 cm³/mol. The van der Waals surface area contributed by atoms with Crippen molar-refractivity contribution in [3.8, 4) is 5.75 Å². The Labute approximate surface area is 122 Å². The lowest BCUT2D eigenvalue weighted by Crippen LogP contribution is -2.40. The molecular formula is C15H21BrFNO. The third-order valence-electron chi connectivity index (χ3n) is 3.12. The fraction of sp³-hybridized carbons (Fsp3) is 0.600. The zero-order valence-electron chi connectivity index (χ0n) is 11.7. The monoisotopic (exact) mass is 329 g/mol. The summed E-state index contributed by atoms with van der Waals surface area (Å²) < 4.78 is 20.7. The number of hydrogen-bond acceptors (Lipinski definition) is 2. The molecule has 4 heteroatoms. The summed E-state index contributed by atoms with van der Waals surface area (Å²) in [5.41, 5.74) is 2.09. The topological polar surface area (TPSA) is 21.3 Å². The zero-order chi connectivity index (χ0) is 14.0. The summed E-state index contributed by atoms with van der Waals surface area (Å²) in [5, 5.41) is 3.20. The summed E-state index contributed by atoms with van der Waals surface area (Å²) in [4.78, 5) is 0. The lowest BCUT2D eigenvalue weighted by molar-refractivity contribution is 0.280. The molecule has 0 bridgehead atoms. The number of hydrogen-bond donors (Lipinski definition) is 1. The van der Waals surface area contributed by atoms with Gasteiger partial charge in [-0.25, -0.2) is 4.39 Å². The fourth-order valence-electron chi connectivity index (χ4n) is 2.23. The number of nitrogens with one attached hydrogen (secondary N) is 1. The van der Waals surface area contributed by atoms with Crippen LogP contribution in [0.5, 0.6) is 5.75 Å². The van der Waals surface area contributed by atoms with Crippen LogP contribution in [0, 0.1) is 0 Å². The Morgan fingerprint density at radius 2 is 2.16 bits per heavy atom. The lowest BCUT2D eigenvalue weighted by atomic mass is 10.0. The number of benzene rings is 1. The van der Waals surface area contributed by atoms with E-state index in [1.54, 1.807) is 0 Å². The Balaban J connectivity index is 2.03. The van der Waals surface area contributed by atoms with Gasteiger partial charge in [-0.2, -0.15) is 0 Å². The summed E-state index contributed by atoms with van der Waals surface area (Å²) in [5.74, 6) is 0.890. The van der Waals surface area contributed by atoms with Crippen molar-refractivity contribution in [2.75, 3.05) is 13.2 Å². The van der Waals surface area contributed by atoms with E-state index in [2.05, 4.69) is 27.3 Å². The quantitative estimate of drug-likeness (QED) is 0.910. The maximum atomic E-state index is 14.1. The van der Waals surface area contributed by atoms with E-state index in [9.17, 15) is 4.39 Å². The summed E-state index contributed by atoms with van der Waals surface area (Å²) >= 11 is 3.48. The third kappa shape index (κ3) is 4.18. The fourth-order valence-corrected chi connectivity index (χ4v) is 2.78. The minimum Gasteiger partial charge on any atom is -0.493 e. The van der Waals surface area contributed by atoms with Crippen molar-refractivity contribution in [1.29, 1.82) is 0 Å². The summed E-state index contributed by atoms with van der Waals surface area (Å²) in [6.07, 6.45) is 0.408. The Morgan fingerprint density at radius 3 is 2.84 bits per heavy atom. The van der Waals surface area contributed by atoms with Crippen LogP contribution in [0.3, 0.4) is 0 Å². The van der Waals surface area contributed by atoms with Crippen LogP contribution in [-0.2, 0) is 12.8 Å². The zero-order valence-corrected chi connectivity index (χ0v) is 13.3. The molecule has 0 radical (unpaired) electrons. The van der Waals surface area contributed by atoms with Gasteiger partial charge in [0.2, 0.25) is 0 Å². The maximum absolute atomic E-state index is 14.1. The highest BCUT2D eigenvalue weighted by Gasteiger charge is 2.21. The van der Waals surface area contributed by atoms with Crippen LogP contribution in [0.4, 0.5) is 4.39 Å². The van der Waals surface area contributed by atoms with E-state index in [0.717, 1.165) is 22.2 Å². The minimum atomic E-state index is -0.901. The molecule has 1 atom stereocenters. The highest BCUT2D eigenvalue weighted by Crippen LogP contribution is 2.33. The molecule has 1 unspecified atom stereocenters. The average Bonchev–Trinajstić information content (AvgIpc) is 2.73. The van der Waals surface area contributed by atoms with Crippen LogP contribution in [-0.4, -0.2) is 24.9 Å². The van der Waals surface area contributed by atoms with Crippen LogP contribution in [0.15, 0.2) is 16.6 Å². The van der Waals surface area contributed by atoms with E-state index in [1.807, 2.05) is 26.8 Å². The summed E-state index contributed by atoms with van der Waals surface area (Å²) in [6, 6.07) is 4.03. The SMILES string of the molecule is CC(C)(C)NCC(F)Cc1cc(Br)cc2c1OCC2. The first-order chi connectivity index (χ1) is 8.85. The van der Waals surface area contributed by atoms with E-state index >= 15 is 0 Å². The van der Waals surface area contributed by atoms with Gasteiger partial charge in [0, 0.05) is 29.4 Å². The lowest BCUT2D eigenvalue weighted by Gasteiger charge is -2.22. The largest absolute Gasteiger partial charge is 0.493 e. The molecule has 1 N–H and O–H groups in total. The van der Waals surface area contributed by atoms with Crippen LogP contribution in [0.2, 0.25) is 0 Å². The molecule has 2 nitrogen and oxygen atoms in total. The van der Waals surface area contributed by atoms with Gasteiger partial charge in [-0.15, -0.1) is 0 Å². The first-order valence-corrected chi connectivity index (χ1v) is 7.47. The first kappa shape index (κ1) is 14.8. The number of rotatable bonds is 4. The van der Waals surface area contributed by atoms with Gasteiger partial charge in [-0.3, -0.25) is 0 Å². The Hall–Kier alpha value is -0.610. The van der Waals surface area contributed by atoms with Gasteiger partial charge in [0.25, 0.3) is 0 Å². The van der Waals surface area contributed by atoms with Crippen molar-refractivity contribution in [1.82, 2.24) is 5.32 Å². The van der Waals surface area contributed by atoms with Gasteiger partial charge >= 0.3 is 0 Å². The second-order valence-electron chi connectivity index (χ2n) is 6.08. The first-order valence-electron chi connectivity index (χ1n) is 6.68. The average molecular weight is 330 g/mol. The van der Waals surface area contributed by atoms with Crippen molar-refractivity contribution in [2.45, 2.75) is 45.3 Å². The third-order valence-corrected chi connectivity index (χ3v) is 3.58. The predicted octanol–water partition coefficient (Wildman–Crippen LogP) is 3.65. The molecule has 19 heavy (non-hydrogen) atoms. The molecule has 0 aromatic heterocycles. The second kappa shape index (κ2) is 5.80. The van der Waals surface area contributed by atoms with E-state index < -0.39 is 6.17 Å². The molecule has 0 spiro atoms. The minimum absolute atomic E-state index is 0.0555. The van der Waals surface area contributed by atoms with E-state index in [4.69, 9.17) is 4.74 Å². The van der Waals surface area contributed by atoms with Crippen molar-refractivity contribution < 1.29 is 9.13 Å². The standard InChI is InChI=1S/C15H21BrFNO/c1-15(2,3)18-9-13(17)8-11-7-12(16)6-10-4-5-19-14(10)11/h6-7,13,18H,4-5,8-9H2,1-3H3. The Morgan fingerprint density at radius 1 is 1.42 bits per heavy atom. The van der Waals surface area contributed by atoms with Gasteiger partial charge in [-0.1, -0.05) is 15.9 Å². The van der Waals surface area contributed by atoms with Gasteiger partial charge in [0.15, 0.2) is 0 Å². The molecule has 1 aromatic rings. The molecule has 0 saturated heterocycles. The van der Waals surface area contributed by atoms with Gasteiger partial charge in [0.1, 0.15) is 11.9 Å². The van der Waals surface area contributed by atoms with Crippen LogP contribution in [0.25, 0.3) is 0 Å². The molecule has 2 rings (SSSR count). The highest BCUT2D eigenvalue weighted by molar-refractivity contribution is 9.10. The molecule has 0 amide bonds. The number of alkyl halides is 1.